The van der Waals surface area contributed by atoms with Gasteiger partial charge >= 0.3 is 0 Å². The molecule has 124 valence electrons. The van der Waals surface area contributed by atoms with Crippen LogP contribution in [0.15, 0.2) is 21.2 Å². The number of nitrogens with two attached hydrogens (primary N) is 1. The fourth-order valence-electron chi connectivity index (χ4n) is 3.19. The summed E-state index contributed by atoms with van der Waals surface area (Å²) >= 11 is 1.60. The van der Waals surface area contributed by atoms with Crippen molar-refractivity contribution in [3.8, 4) is 11.5 Å². The number of amides is 1. The number of nitrogens with zero attached hydrogens (tertiary/aromatic N) is 1. The van der Waals surface area contributed by atoms with Crippen LogP contribution in [0.3, 0.4) is 0 Å². The van der Waals surface area contributed by atoms with Gasteiger partial charge in [-0.3, -0.25) is 4.79 Å². The van der Waals surface area contributed by atoms with Crippen molar-refractivity contribution in [2.75, 3.05) is 6.54 Å². The molecule has 0 aromatic carbocycles. The second kappa shape index (κ2) is 7.27. The number of oxazole rings is 1. The number of thiophene rings is 1. The number of aryl methyl sites for hydroxylation is 1. The molecule has 3 rings (SSSR count). The lowest BCUT2D eigenvalue weighted by Gasteiger charge is -2.31. The highest BCUT2D eigenvalue weighted by atomic mass is 32.1. The summed E-state index contributed by atoms with van der Waals surface area (Å²) in [5, 5.41) is 7.11. The van der Waals surface area contributed by atoms with Gasteiger partial charge in [-0.05, 0) is 43.7 Å². The van der Waals surface area contributed by atoms with Gasteiger partial charge in [0, 0.05) is 17.0 Å². The van der Waals surface area contributed by atoms with Crippen LogP contribution in [0.1, 0.15) is 37.1 Å². The Morgan fingerprint density at radius 1 is 1.48 bits per heavy atom. The first kappa shape index (κ1) is 16.2. The van der Waals surface area contributed by atoms with Gasteiger partial charge in [0.1, 0.15) is 5.76 Å². The molecule has 0 radical (unpaired) electrons. The summed E-state index contributed by atoms with van der Waals surface area (Å²) in [6, 6.07) is 2.16. The Balaban J connectivity index is 1.63. The maximum atomic E-state index is 12.4. The maximum Gasteiger partial charge on any atom is 0.227 e. The van der Waals surface area contributed by atoms with E-state index in [-0.39, 0.29) is 18.4 Å². The lowest BCUT2D eigenvalue weighted by molar-refractivity contribution is -0.121. The number of aromatic nitrogens is 1. The SMILES string of the molecule is Cc1oc(-c2ccsc2)nc1CC(=O)NC1CCCCC1CN. The van der Waals surface area contributed by atoms with Gasteiger partial charge < -0.3 is 15.5 Å². The smallest absolute Gasteiger partial charge is 0.227 e. The first-order valence-corrected chi connectivity index (χ1v) is 9.10. The van der Waals surface area contributed by atoms with Gasteiger partial charge in [0.25, 0.3) is 0 Å². The van der Waals surface area contributed by atoms with Crippen LogP contribution in [-0.2, 0) is 11.2 Å². The van der Waals surface area contributed by atoms with Crippen LogP contribution >= 0.6 is 11.3 Å². The molecule has 0 aliphatic heterocycles. The normalized spacial score (nSPS) is 21.3. The zero-order valence-corrected chi connectivity index (χ0v) is 14.2. The van der Waals surface area contributed by atoms with Gasteiger partial charge in [-0.1, -0.05) is 12.8 Å². The third kappa shape index (κ3) is 3.82. The molecular weight excluding hydrogens is 310 g/mol. The van der Waals surface area contributed by atoms with E-state index in [0.717, 1.165) is 24.8 Å². The molecule has 1 saturated carbocycles. The van der Waals surface area contributed by atoms with Gasteiger partial charge in [-0.15, -0.1) is 0 Å². The van der Waals surface area contributed by atoms with Gasteiger partial charge in [-0.2, -0.15) is 11.3 Å². The molecule has 3 N–H and O–H groups in total. The molecule has 0 bridgehead atoms. The van der Waals surface area contributed by atoms with Crippen LogP contribution in [0, 0.1) is 12.8 Å². The average molecular weight is 333 g/mol. The summed E-state index contributed by atoms with van der Waals surface area (Å²) in [7, 11) is 0. The molecule has 6 heteroatoms. The van der Waals surface area contributed by atoms with Crippen molar-refractivity contribution in [2.24, 2.45) is 11.7 Å². The minimum absolute atomic E-state index is 0.00335. The molecule has 1 aliphatic carbocycles. The molecule has 2 aromatic heterocycles. The van der Waals surface area contributed by atoms with Crippen LogP contribution in [0.25, 0.3) is 11.5 Å². The number of carbonyl (C=O) groups excluding carboxylic acids is 1. The molecule has 2 heterocycles. The van der Waals surface area contributed by atoms with E-state index in [1.807, 2.05) is 23.8 Å². The minimum Gasteiger partial charge on any atom is -0.441 e. The fourth-order valence-corrected chi connectivity index (χ4v) is 3.82. The third-order valence-electron chi connectivity index (χ3n) is 4.55. The quantitative estimate of drug-likeness (QED) is 0.881. The monoisotopic (exact) mass is 333 g/mol. The lowest BCUT2D eigenvalue weighted by atomic mass is 9.84. The van der Waals surface area contributed by atoms with Gasteiger partial charge in [0.15, 0.2) is 0 Å². The second-order valence-corrected chi connectivity index (χ2v) is 6.94. The van der Waals surface area contributed by atoms with Gasteiger partial charge in [0.2, 0.25) is 11.8 Å². The first-order chi connectivity index (χ1) is 11.2. The van der Waals surface area contributed by atoms with Crippen molar-refractivity contribution in [3.05, 3.63) is 28.3 Å². The third-order valence-corrected chi connectivity index (χ3v) is 5.23. The molecule has 1 amide bonds. The summed E-state index contributed by atoms with van der Waals surface area (Å²) < 4.78 is 5.69. The zero-order chi connectivity index (χ0) is 16.2. The van der Waals surface area contributed by atoms with Crippen LogP contribution < -0.4 is 11.1 Å². The van der Waals surface area contributed by atoms with Crippen molar-refractivity contribution in [1.82, 2.24) is 10.3 Å². The second-order valence-electron chi connectivity index (χ2n) is 6.16. The Kier molecular flexibility index (Phi) is 5.13. The number of nitrogens with one attached hydrogen (secondary N) is 1. The molecule has 1 aliphatic rings. The molecule has 5 nitrogen and oxygen atoms in total. The molecule has 1 fully saturated rings. The van der Waals surface area contributed by atoms with Crippen LogP contribution in [0.2, 0.25) is 0 Å². The predicted octanol–water partition coefficient (Wildman–Crippen LogP) is 2.89. The number of hydrogen-bond donors (Lipinski definition) is 2. The lowest BCUT2D eigenvalue weighted by Crippen LogP contribution is -2.45. The van der Waals surface area contributed by atoms with E-state index >= 15 is 0 Å². The van der Waals surface area contributed by atoms with E-state index in [1.165, 1.54) is 6.42 Å². The molecule has 2 atom stereocenters. The first-order valence-electron chi connectivity index (χ1n) is 8.15. The van der Waals surface area contributed by atoms with E-state index in [0.29, 0.717) is 29.8 Å². The molecule has 2 aromatic rings. The Labute approximate surface area is 140 Å². The summed E-state index contributed by atoms with van der Waals surface area (Å²) in [6.07, 6.45) is 4.75. The topological polar surface area (TPSA) is 81.2 Å². The summed E-state index contributed by atoms with van der Waals surface area (Å²) in [5.74, 6) is 1.69. The van der Waals surface area contributed by atoms with E-state index in [9.17, 15) is 4.79 Å². The molecule has 2 unspecified atom stereocenters. The highest BCUT2D eigenvalue weighted by Crippen LogP contribution is 2.25. The highest BCUT2D eigenvalue weighted by molar-refractivity contribution is 7.08. The van der Waals surface area contributed by atoms with Crippen molar-refractivity contribution in [1.29, 1.82) is 0 Å². The number of hydrogen-bond acceptors (Lipinski definition) is 5. The Morgan fingerprint density at radius 2 is 2.30 bits per heavy atom. The Hall–Kier alpha value is -1.66. The summed E-state index contributed by atoms with van der Waals surface area (Å²) in [6.45, 7) is 2.49. The molecular formula is C17H23N3O2S. The fraction of sp³-hybridized carbons (Fsp3) is 0.529. The van der Waals surface area contributed by atoms with E-state index in [4.69, 9.17) is 10.2 Å². The minimum atomic E-state index is 0.00335. The standard InChI is InChI=1S/C17H23N3O2S/c1-11-15(20-17(22-11)13-6-7-23-10-13)8-16(21)19-14-5-3-2-4-12(14)9-18/h6-7,10,12,14H,2-5,8-9,18H2,1H3,(H,19,21). The molecule has 23 heavy (non-hydrogen) atoms. The number of rotatable bonds is 5. The highest BCUT2D eigenvalue weighted by Gasteiger charge is 2.26. The van der Waals surface area contributed by atoms with Gasteiger partial charge in [-0.25, -0.2) is 4.98 Å². The molecule has 0 saturated heterocycles. The van der Waals surface area contributed by atoms with E-state index in [2.05, 4.69) is 10.3 Å². The summed E-state index contributed by atoms with van der Waals surface area (Å²) in [4.78, 5) is 16.8. The van der Waals surface area contributed by atoms with Crippen molar-refractivity contribution in [2.45, 2.75) is 45.1 Å². The predicted molar refractivity (Wildman–Crippen MR) is 91.2 cm³/mol. The van der Waals surface area contributed by atoms with Crippen molar-refractivity contribution >= 4 is 17.2 Å². The van der Waals surface area contributed by atoms with E-state index in [1.54, 1.807) is 11.3 Å². The van der Waals surface area contributed by atoms with Crippen LogP contribution in [0.5, 0.6) is 0 Å². The van der Waals surface area contributed by atoms with Gasteiger partial charge in [0.05, 0.1) is 12.1 Å². The largest absolute Gasteiger partial charge is 0.441 e. The Morgan fingerprint density at radius 3 is 3.04 bits per heavy atom. The number of carbonyl (C=O) groups is 1. The van der Waals surface area contributed by atoms with Crippen LogP contribution in [-0.4, -0.2) is 23.5 Å². The van der Waals surface area contributed by atoms with Crippen LogP contribution in [0.4, 0.5) is 0 Å². The van der Waals surface area contributed by atoms with Crippen molar-refractivity contribution in [3.63, 3.8) is 0 Å². The summed E-state index contributed by atoms with van der Waals surface area (Å²) in [5.41, 5.74) is 7.50. The van der Waals surface area contributed by atoms with E-state index < -0.39 is 0 Å². The Bertz CT molecular complexity index is 651. The zero-order valence-electron chi connectivity index (χ0n) is 13.4. The maximum absolute atomic E-state index is 12.4. The average Bonchev–Trinajstić information content (AvgIpc) is 3.18. The molecule has 0 spiro atoms. The van der Waals surface area contributed by atoms with Crippen molar-refractivity contribution < 1.29 is 9.21 Å².